The Hall–Kier alpha value is -1.50. The van der Waals surface area contributed by atoms with Crippen LogP contribution in [0.3, 0.4) is 0 Å². The van der Waals surface area contributed by atoms with Gasteiger partial charge >= 0.3 is 0 Å². The topological polar surface area (TPSA) is 38.3 Å². The summed E-state index contributed by atoms with van der Waals surface area (Å²) in [6.07, 6.45) is 0. The van der Waals surface area contributed by atoms with Crippen molar-refractivity contribution in [3.63, 3.8) is 0 Å². The second kappa shape index (κ2) is 8.38. The summed E-state index contributed by atoms with van der Waals surface area (Å²) in [5.41, 5.74) is 0.289. The van der Waals surface area contributed by atoms with Gasteiger partial charge in [0.25, 0.3) is 11.7 Å². The molecule has 0 unspecified atom stereocenters. The van der Waals surface area contributed by atoms with Crippen LogP contribution in [0.5, 0.6) is 5.75 Å². The van der Waals surface area contributed by atoms with Crippen molar-refractivity contribution in [2.75, 3.05) is 11.9 Å². The molecule has 3 nitrogen and oxygen atoms in total. The first-order chi connectivity index (χ1) is 11.0. The number of ether oxygens (including phenoxy) is 1. The molecule has 1 amide bonds. The van der Waals surface area contributed by atoms with Crippen molar-refractivity contribution in [3.05, 3.63) is 52.5 Å². The SMILES string of the molecule is O=C(COc1c(Cl)cccc1Cl)Nc1ccccc1SC(F)F. The average Bonchev–Trinajstić information content (AvgIpc) is 2.48. The van der Waals surface area contributed by atoms with E-state index in [4.69, 9.17) is 27.9 Å². The van der Waals surface area contributed by atoms with E-state index in [2.05, 4.69) is 5.32 Å². The lowest BCUT2D eigenvalue weighted by Crippen LogP contribution is -2.20. The van der Waals surface area contributed by atoms with Crippen molar-refractivity contribution in [3.8, 4) is 5.75 Å². The first kappa shape index (κ1) is 17.8. The van der Waals surface area contributed by atoms with Crippen LogP contribution in [0.2, 0.25) is 10.0 Å². The molecular formula is C15H11Cl2F2NO2S. The van der Waals surface area contributed by atoms with Crippen LogP contribution in [0.15, 0.2) is 47.4 Å². The van der Waals surface area contributed by atoms with Crippen molar-refractivity contribution >= 4 is 46.6 Å². The van der Waals surface area contributed by atoms with Crippen molar-refractivity contribution in [1.29, 1.82) is 0 Å². The maximum Gasteiger partial charge on any atom is 0.288 e. The minimum Gasteiger partial charge on any atom is -0.481 e. The summed E-state index contributed by atoms with van der Waals surface area (Å²) in [4.78, 5) is 12.2. The predicted molar refractivity (Wildman–Crippen MR) is 88.9 cm³/mol. The van der Waals surface area contributed by atoms with Crippen LogP contribution >= 0.6 is 35.0 Å². The number of hydrogen-bond acceptors (Lipinski definition) is 3. The van der Waals surface area contributed by atoms with E-state index >= 15 is 0 Å². The summed E-state index contributed by atoms with van der Waals surface area (Å²) in [5.74, 6) is -2.89. The molecule has 1 N–H and O–H groups in total. The second-order valence-electron chi connectivity index (χ2n) is 4.26. The zero-order chi connectivity index (χ0) is 16.8. The third-order valence-electron chi connectivity index (χ3n) is 2.64. The van der Waals surface area contributed by atoms with Gasteiger partial charge in [0.15, 0.2) is 12.4 Å². The van der Waals surface area contributed by atoms with E-state index in [0.717, 1.165) is 0 Å². The summed E-state index contributed by atoms with van der Waals surface area (Å²) in [5, 5.41) is 3.07. The maximum absolute atomic E-state index is 12.5. The number of halogens is 4. The fraction of sp³-hybridized carbons (Fsp3) is 0.133. The van der Waals surface area contributed by atoms with Gasteiger partial charge in [-0.2, -0.15) is 8.78 Å². The van der Waals surface area contributed by atoms with Gasteiger partial charge in [-0.05, 0) is 24.3 Å². The number of hydrogen-bond donors (Lipinski definition) is 1. The smallest absolute Gasteiger partial charge is 0.288 e. The summed E-state index contributed by atoms with van der Waals surface area (Å²) in [6, 6.07) is 11.1. The van der Waals surface area contributed by atoms with Crippen LogP contribution in [-0.2, 0) is 4.79 Å². The number of rotatable bonds is 6. The van der Waals surface area contributed by atoms with Gasteiger partial charge in [0.05, 0.1) is 15.7 Å². The first-order valence-corrected chi connectivity index (χ1v) is 8.01. The number of anilines is 1. The molecule has 2 aromatic carbocycles. The largest absolute Gasteiger partial charge is 0.481 e. The molecule has 0 bridgehead atoms. The molecule has 2 rings (SSSR count). The first-order valence-electron chi connectivity index (χ1n) is 6.38. The number of nitrogens with one attached hydrogen (secondary N) is 1. The summed E-state index contributed by atoms with van der Waals surface area (Å²) >= 11 is 12.2. The molecule has 2 aromatic rings. The van der Waals surface area contributed by atoms with E-state index in [0.29, 0.717) is 11.8 Å². The minimum absolute atomic E-state index is 0.196. The van der Waals surface area contributed by atoms with Crippen LogP contribution in [-0.4, -0.2) is 18.3 Å². The lowest BCUT2D eigenvalue weighted by molar-refractivity contribution is -0.118. The summed E-state index contributed by atoms with van der Waals surface area (Å²) < 4.78 is 30.3. The lowest BCUT2D eigenvalue weighted by atomic mass is 10.3. The number of benzene rings is 2. The second-order valence-corrected chi connectivity index (χ2v) is 6.11. The molecule has 23 heavy (non-hydrogen) atoms. The third-order valence-corrected chi connectivity index (χ3v) is 4.03. The molecule has 122 valence electrons. The molecule has 0 radical (unpaired) electrons. The molecule has 0 atom stereocenters. The molecule has 0 fully saturated rings. The Bertz CT molecular complexity index is 681. The van der Waals surface area contributed by atoms with E-state index in [-0.39, 0.29) is 33.0 Å². The highest BCUT2D eigenvalue weighted by molar-refractivity contribution is 7.99. The van der Waals surface area contributed by atoms with E-state index < -0.39 is 11.7 Å². The van der Waals surface area contributed by atoms with Crippen molar-refractivity contribution in [2.24, 2.45) is 0 Å². The van der Waals surface area contributed by atoms with Gasteiger partial charge < -0.3 is 10.1 Å². The number of carbonyl (C=O) groups is 1. The van der Waals surface area contributed by atoms with Gasteiger partial charge in [-0.15, -0.1) is 0 Å². The van der Waals surface area contributed by atoms with Gasteiger partial charge in [-0.1, -0.05) is 53.2 Å². The van der Waals surface area contributed by atoms with E-state index in [1.807, 2.05) is 0 Å². The van der Waals surface area contributed by atoms with Crippen LogP contribution in [0.4, 0.5) is 14.5 Å². The molecule has 0 aliphatic rings. The van der Waals surface area contributed by atoms with Crippen LogP contribution in [0.25, 0.3) is 0 Å². The third kappa shape index (κ3) is 5.27. The Morgan fingerprint density at radius 2 is 1.78 bits per heavy atom. The molecule has 0 aromatic heterocycles. The van der Waals surface area contributed by atoms with Gasteiger partial charge in [-0.25, -0.2) is 0 Å². The average molecular weight is 378 g/mol. The molecular weight excluding hydrogens is 367 g/mol. The number of para-hydroxylation sites is 2. The van der Waals surface area contributed by atoms with E-state index in [1.54, 1.807) is 30.3 Å². The van der Waals surface area contributed by atoms with E-state index in [9.17, 15) is 13.6 Å². The Labute approximate surface area is 145 Å². The van der Waals surface area contributed by atoms with Gasteiger partial charge in [-0.3, -0.25) is 4.79 Å². The highest BCUT2D eigenvalue weighted by atomic mass is 35.5. The fourth-order valence-electron chi connectivity index (χ4n) is 1.71. The molecule has 0 spiro atoms. The standard InChI is InChI=1S/C15H11Cl2F2NO2S/c16-9-4-3-5-10(17)14(9)22-8-13(21)20-11-6-1-2-7-12(11)23-15(18)19/h1-7,15H,8H2,(H,20,21). The zero-order valence-corrected chi connectivity index (χ0v) is 13.9. The maximum atomic E-state index is 12.5. The molecule has 8 heteroatoms. The summed E-state index contributed by atoms with van der Waals surface area (Å²) in [7, 11) is 0. The fourth-order valence-corrected chi connectivity index (χ4v) is 2.81. The van der Waals surface area contributed by atoms with Crippen molar-refractivity contribution < 1.29 is 18.3 Å². The van der Waals surface area contributed by atoms with Crippen LogP contribution in [0, 0.1) is 0 Å². The quantitative estimate of drug-likeness (QED) is 0.691. The molecule has 0 aliphatic carbocycles. The van der Waals surface area contributed by atoms with Gasteiger partial charge in [0.1, 0.15) is 0 Å². The molecule has 0 heterocycles. The van der Waals surface area contributed by atoms with Crippen LogP contribution in [0.1, 0.15) is 0 Å². The highest BCUT2D eigenvalue weighted by Crippen LogP contribution is 2.33. The number of thioether (sulfide) groups is 1. The van der Waals surface area contributed by atoms with Crippen molar-refractivity contribution in [1.82, 2.24) is 0 Å². The normalized spacial score (nSPS) is 10.7. The zero-order valence-electron chi connectivity index (χ0n) is 11.6. The Morgan fingerprint density at radius 3 is 2.43 bits per heavy atom. The van der Waals surface area contributed by atoms with Crippen molar-refractivity contribution in [2.45, 2.75) is 10.7 Å². The molecule has 0 saturated carbocycles. The lowest BCUT2D eigenvalue weighted by Gasteiger charge is -2.12. The highest BCUT2D eigenvalue weighted by Gasteiger charge is 2.13. The predicted octanol–water partition coefficient (Wildman–Crippen LogP) is 5.33. The van der Waals surface area contributed by atoms with Crippen LogP contribution < -0.4 is 10.1 Å². The number of amides is 1. The van der Waals surface area contributed by atoms with Gasteiger partial charge in [0.2, 0.25) is 0 Å². The Kier molecular flexibility index (Phi) is 6.50. The number of carbonyl (C=O) groups excluding carboxylic acids is 1. The Morgan fingerprint density at radius 1 is 1.13 bits per heavy atom. The molecule has 0 saturated heterocycles. The summed E-state index contributed by atoms with van der Waals surface area (Å²) in [6.45, 7) is -0.350. The van der Waals surface area contributed by atoms with Gasteiger partial charge in [0, 0.05) is 4.90 Å². The van der Waals surface area contributed by atoms with E-state index in [1.165, 1.54) is 12.1 Å². The minimum atomic E-state index is -2.58. The number of alkyl halides is 2. The monoisotopic (exact) mass is 377 g/mol. The Balaban J connectivity index is 2.00. The molecule has 0 aliphatic heterocycles.